The molecule has 0 aliphatic heterocycles. The second-order valence-corrected chi connectivity index (χ2v) is 32.6. The van der Waals surface area contributed by atoms with Crippen LogP contribution in [0.15, 0.2) is 134 Å². The first-order valence-corrected chi connectivity index (χ1v) is 47.5. The molecule has 18 heteroatoms. The van der Waals surface area contributed by atoms with Crippen LogP contribution in [0.3, 0.4) is 0 Å². The number of hydrogen-bond donors (Lipinski definition) is 4. The van der Waals surface area contributed by atoms with E-state index in [-0.39, 0.29) is 19.3 Å². The predicted octanol–water partition coefficient (Wildman–Crippen LogP) is 27.0. The van der Waals surface area contributed by atoms with Gasteiger partial charge in [-0.1, -0.05) is 347 Å². The number of carbonyl (C=O) groups excluding carboxylic acids is 3. The predicted molar refractivity (Wildman–Crippen MR) is 463 cm³/mol. The van der Waals surface area contributed by atoms with E-state index in [1.165, 1.54) is 167 Å². The van der Waals surface area contributed by atoms with E-state index < -0.39 is 91.5 Å². The molecular weight excluding hydrogens is 1430 g/mol. The molecule has 0 aliphatic rings. The summed E-state index contributed by atoms with van der Waals surface area (Å²) in [7, 11) is -9.81. The Morgan fingerprint density at radius 1 is 0.252 bits per heavy atom. The van der Waals surface area contributed by atoms with E-state index in [2.05, 4.69) is 154 Å². The van der Waals surface area contributed by atoms with Crippen molar-refractivity contribution in [3.63, 3.8) is 0 Å². The van der Waals surface area contributed by atoms with Crippen LogP contribution in [0, 0.1) is 0 Å². The molecule has 0 bridgehead atoms. The van der Waals surface area contributed by atoms with Crippen LogP contribution in [0.2, 0.25) is 0 Å². The highest BCUT2D eigenvalue weighted by atomic mass is 31.2. The van der Waals surface area contributed by atoms with Gasteiger partial charge in [0.2, 0.25) is 0 Å². The van der Waals surface area contributed by atoms with E-state index in [0.29, 0.717) is 19.3 Å². The van der Waals surface area contributed by atoms with Crippen molar-refractivity contribution in [2.24, 2.45) is 0 Å². The van der Waals surface area contributed by atoms with Crippen LogP contribution in [0.1, 0.15) is 380 Å². The Morgan fingerprint density at radius 3 is 0.712 bits per heavy atom. The number of carbonyl (C=O) groups is 3. The zero-order chi connectivity index (χ0) is 80.8. The summed E-state index contributed by atoms with van der Waals surface area (Å²) in [6.45, 7) is 2.63. The highest BCUT2D eigenvalue weighted by molar-refractivity contribution is 7.47. The molecule has 640 valence electrons. The number of unbranched alkanes of at least 4 members (excludes halogenated alkanes) is 39. The number of aliphatic hydroxyl groups is 2. The maximum Gasteiger partial charge on any atom is 0.472 e. The third-order valence-electron chi connectivity index (χ3n) is 18.8. The monoisotopic (exact) mass is 1600 g/mol. The quantitative estimate of drug-likeness (QED) is 0.0146. The van der Waals surface area contributed by atoms with E-state index in [1.807, 2.05) is 0 Å². The summed E-state index contributed by atoms with van der Waals surface area (Å²) in [5.74, 6) is -1.58. The van der Waals surface area contributed by atoms with Crippen LogP contribution < -0.4 is 0 Å². The number of hydrogen-bond acceptors (Lipinski definition) is 14. The van der Waals surface area contributed by atoms with Gasteiger partial charge in [0.15, 0.2) is 6.10 Å². The van der Waals surface area contributed by atoms with Crippen molar-refractivity contribution in [1.82, 2.24) is 0 Å². The molecule has 0 spiro atoms. The van der Waals surface area contributed by atoms with Crippen LogP contribution in [0.4, 0.5) is 0 Å². The summed E-state index contributed by atoms with van der Waals surface area (Å²) in [5, 5.41) is 20.7. The highest BCUT2D eigenvalue weighted by Gasteiger charge is 2.29. The molecule has 5 unspecified atom stereocenters. The summed E-state index contributed by atoms with van der Waals surface area (Å²) in [4.78, 5) is 58.9. The van der Waals surface area contributed by atoms with Crippen molar-refractivity contribution in [3.05, 3.63) is 134 Å². The summed E-state index contributed by atoms with van der Waals surface area (Å²) >= 11 is 0. The van der Waals surface area contributed by atoms with Crippen LogP contribution in [-0.4, -0.2) is 95.9 Å². The van der Waals surface area contributed by atoms with Crippen molar-refractivity contribution in [2.45, 2.75) is 399 Å². The fraction of sp³-hybridized carbons (Fsp3) is 0.731. The second kappa shape index (κ2) is 85.1. The normalized spacial score (nSPS) is 14.5. The van der Waals surface area contributed by atoms with Gasteiger partial charge in [0.1, 0.15) is 25.4 Å². The van der Waals surface area contributed by atoms with Gasteiger partial charge in [-0.25, -0.2) is 9.13 Å². The molecule has 0 aromatic carbocycles. The molecule has 0 aromatic rings. The molecule has 111 heavy (non-hydrogen) atoms. The first-order valence-electron chi connectivity index (χ1n) is 44.5. The standard InChI is InChI=1S/C93H162O16P2/c1-4-7-10-13-16-19-22-25-28-31-34-36-38-40-42-43-45-47-48-50-53-55-58-61-64-67-70-73-76-79-91(96)103-82-88(94)83-105-110(99,100)106-84-89(95)85-107-111(101,102)108-87-90(109-93(98)81-78-75-72-69-66-63-60-57-52-33-30-27-24-21-18-15-12-9-6-3)86-104-92(97)80-77-74-71-68-65-62-59-56-54-51-49-46-44-41-39-37-35-32-29-26-23-20-17-14-11-8-5-2/h16-21,25-30,34-37,40-42,44,52,57,88-90,94-95H,4-15,22-24,31-33,38-39,43,45-51,53-56,58-87H2,1-3H3,(H,99,100)(H,101,102)/b19-16-,20-17-,21-18-,28-25-,29-26-,30-27-,36-34-,37-35-,42-40-,44-41-,57-52-. The van der Waals surface area contributed by atoms with Gasteiger partial charge in [0.05, 0.1) is 26.4 Å². The molecule has 0 heterocycles. The fourth-order valence-electron chi connectivity index (χ4n) is 12.0. The van der Waals surface area contributed by atoms with Crippen LogP contribution >= 0.6 is 15.6 Å². The molecule has 0 saturated carbocycles. The van der Waals surface area contributed by atoms with E-state index in [4.69, 9.17) is 32.3 Å². The van der Waals surface area contributed by atoms with Gasteiger partial charge in [-0.05, 0) is 148 Å². The highest BCUT2D eigenvalue weighted by Crippen LogP contribution is 2.45. The molecule has 0 radical (unpaired) electrons. The molecule has 0 aromatic heterocycles. The van der Waals surface area contributed by atoms with Crippen LogP contribution in [0.25, 0.3) is 0 Å². The Kier molecular flexibility index (Phi) is 81.8. The Labute approximate surface area is 677 Å². The van der Waals surface area contributed by atoms with Crippen molar-refractivity contribution in [2.75, 3.05) is 39.6 Å². The summed E-state index contributed by atoms with van der Waals surface area (Å²) in [5.41, 5.74) is 0. The van der Waals surface area contributed by atoms with Gasteiger partial charge < -0.3 is 34.2 Å². The lowest BCUT2D eigenvalue weighted by Crippen LogP contribution is -2.30. The van der Waals surface area contributed by atoms with E-state index in [0.717, 1.165) is 154 Å². The van der Waals surface area contributed by atoms with Crippen molar-refractivity contribution in [3.8, 4) is 0 Å². The average Bonchev–Trinajstić information content (AvgIpc) is 0.900. The van der Waals surface area contributed by atoms with Gasteiger partial charge in [0.25, 0.3) is 0 Å². The largest absolute Gasteiger partial charge is 0.472 e. The van der Waals surface area contributed by atoms with Gasteiger partial charge in [-0.2, -0.15) is 0 Å². The number of rotatable bonds is 84. The first-order chi connectivity index (χ1) is 54.2. The van der Waals surface area contributed by atoms with E-state index in [1.54, 1.807) is 0 Å². The van der Waals surface area contributed by atoms with E-state index >= 15 is 0 Å². The maximum absolute atomic E-state index is 13.0. The maximum atomic E-state index is 13.0. The molecule has 4 N–H and O–H groups in total. The van der Waals surface area contributed by atoms with Gasteiger partial charge in [-0.15, -0.1) is 0 Å². The zero-order valence-electron chi connectivity index (χ0n) is 70.4. The number of allylic oxidation sites excluding steroid dienone is 22. The van der Waals surface area contributed by atoms with Crippen LogP contribution in [-0.2, 0) is 55.8 Å². The number of phosphoric acid groups is 2. The van der Waals surface area contributed by atoms with Crippen molar-refractivity contribution in [1.29, 1.82) is 0 Å². The first kappa shape index (κ1) is 107. The lowest BCUT2D eigenvalue weighted by atomic mass is 10.0. The minimum Gasteiger partial charge on any atom is -0.463 e. The fourth-order valence-corrected chi connectivity index (χ4v) is 13.6. The molecular formula is C93H162O16P2. The third kappa shape index (κ3) is 86.4. The lowest BCUT2D eigenvalue weighted by molar-refractivity contribution is -0.161. The summed E-state index contributed by atoms with van der Waals surface area (Å²) < 4.78 is 61.4. The van der Waals surface area contributed by atoms with Crippen LogP contribution in [0.5, 0.6) is 0 Å². The number of ether oxygens (including phenoxy) is 3. The molecule has 16 nitrogen and oxygen atoms in total. The number of aliphatic hydroxyl groups excluding tert-OH is 2. The molecule has 0 saturated heterocycles. The molecule has 0 fully saturated rings. The van der Waals surface area contributed by atoms with E-state index in [9.17, 15) is 43.5 Å². The van der Waals surface area contributed by atoms with Gasteiger partial charge in [-0.3, -0.25) is 32.5 Å². The Balaban J connectivity index is 4.59. The number of phosphoric ester groups is 2. The SMILES string of the molecule is CCCCC/C=C\C/C=C\C/C=C\C/C=C\CCCCCCCCCCCCCCCC(=O)OCC(O)COP(=O)(O)OCC(O)COP(=O)(O)OCC(COC(=O)CCCCCCCCCCCCC/C=C\C/C=C\C/C=C\C/C=C\CCCCC)OC(=O)CCCCCCCC/C=C\C/C=C\C/C=C\CCCCC. The lowest BCUT2D eigenvalue weighted by Gasteiger charge is -2.21. The molecule has 0 rings (SSSR count). The van der Waals surface area contributed by atoms with Crippen molar-refractivity contribution < 1.29 is 75.8 Å². The van der Waals surface area contributed by atoms with Gasteiger partial charge >= 0.3 is 33.6 Å². The smallest absolute Gasteiger partial charge is 0.463 e. The molecule has 0 amide bonds. The second-order valence-electron chi connectivity index (χ2n) is 29.7. The Bertz CT molecular complexity index is 2550. The topological polar surface area (TPSA) is 231 Å². The summed E-state index contributed by atoms with van der Waals surface area (Å²) in [6, 6.07) is 0. The minimum absolute atomic E-state index is 0.0875. The third-order valence-corrected chi connectivity index (χ3v) is 20.7. The zero-order valence-corrected chi connectivity index (χ0v) is 72.1. The molecule has 5 atom stereocenters. The summed E-state index contributed by atoms with van der Waals surface area (Å²) in [6.07, 6.45) is 105. The number of esters is 3. The average molecular weight is 1600 g/mol. The van der Waals surface area contributed by atoms with Crippen molar-refractivity contribution >= 4 is 33.6 Å². The Hall–Kier alpha value is -4.31. The minimum atomic E-state index is -4.94. The molecule has 0 aliphatic carbocycles. The van der Waals surface area contributed by atoms with Gasteiger partial charge in [0, 0.05) is 19.3 Å². The Morgan fingerprint density at radius 2 is 0.450 bits per heavy atom.